The van der Waals surface area contributed by atoms with Crippen molar-refractivity contribution in [2.45, 2.75) is 83.7 Å². The molecule has 0 atom stereocenters. The van der Waals surface area contributed by atoms with Gasteiger partial charge < -0.3 is 10.1 Å². The van der Waals surface area contributed by atoms with Crippen LogP contribution in [-0.2, 0) is 4.74 Å². The van der Waals surface area contributed by atoms with E-state index in [0.29, 0.717) is 6.54 Å². The van der Waals surface area contributed by atoms with E-state index in [2.05, 4.69) is 5.32 Å². The largest absolute Gasteiger partial charge is 0.446 e. The van der Waals surface area contributed by atoms with Gasteiger partial charge >= 0.3 is 6.09 Å². The summed E-state index contributed by atoms with van der Waals surface area (Å²) in [5, 5.41) is 2.72. The normalized spacial score (nSPS) is 20.5. The zero-order chi connectivity index (χ0) is 13.1. The lowest BCUT2D eigenvalue weighted by atomic mass is 9.99. The average molecular weight is 255 g/mol. The topological polar surface area (TPSA) is 38.3 Å². The van der Waals surface area contributed by atoms with Gasteiger partial charge in [-0.2, -0.15) is 0 Å². The summed E-state index contributed by atoms with van der Waals surface area (Å²) >= 11 is 0. The molecule has 1 saturated carbocycles. The molecule has 1 amide bonds. The molecule has 0 aromatic rings. The van der Waals surface area contributed by atoms with Crippen molar-refractivity contribution in [1.29, 1.82) is 0 Å². The van der Waals surface area contributed by atoms with Gasteiger partial charge in [0.25, 0.3) is 0 Å². The molecule has 0 aromatic heterocycles. The molecule has 0 saturated heterocycles. The molecule has 0 aliphatic heterocycles. The van der Waals surface area contributed by atoms with E-state index in [9.17, 15) is 4.79 Å². The maximum atomic E-state index is 11.5. The Morgan fingerprint density at radius 2 is 1.39 bits per heavy atom. The van der Waals surface area contributed by atoms with Crippen LogP contribution < -0.4 is 5.32 Å². The van der Waals surface area contributed by atoms with Crippen LogP contribution in [0.2, 0.25) is 0 Å². The smallest absolute Gasteiger partial charge is 0.407 e. The lowest BCUT2D eigenvalue weighted by Crippen LogP contribution is -2.28. The van der Waals surface area contributed by atoms with Gasteiger partial charge in [-0.3, -0.25) is 0 Å². The summed E-state index contributed by atoms with van der Waals surface area (Å²) < 4.78 is 5.49. The minimum Gasteiger partial charge on any atom is -0.446 e. The van der Waals surface area contributed by atoms with Crippen LogP contribution >= 0.6 is 0 Å². The minimum atomic E-state index is -0.241. The quantitative estimate of drug-likeness (QED) is 0.794. The molecule has 1 fully saturated rings. The van der Waals surface area contributed by atoms with Gasteiger partial charge in [0.1, 0.15) is 6.10 Å². The molecular formula is C15H29NO2. The van der Waals surface area contributed by atoms with Crippen LogP contribution in [-0.4, -0.2) is 18.7 Å². The van der Waals surface area contributed by atoms with Crippen molar-refractivity contribution < 1.29 is 9.53 Å². The van der Waals surface area contributed by atoms with Crippen LogP contribution in [0.4, 0.5) is 4.79 Å². The maximum Gasteiger partial charge on any atom is 0.407 e. The van der Waals surface area contributed by atoms with E-state index in [1.807, 2.05) is 6.92 Å². The Labute approximate surface area is 112 Å². The molecule has 1 rings (SSSR count). The Bertz CT molecular complexity index is 207. The first-order valence-electron chi connectivity index (χ1n) is 7.77. The van der Waals surface area contributed by atoms with Gasteiger partial charge in [-0.1, -0.05) is 44.9 Å². The van der Waals surface area contributed by atoms with E-state index in [1.54, 1.807) is 0 Å². The highest BCUT2D eigenvalue weighted by Crippen LogP contribution is 2.18. The van der Waals surface area contributed by atoms with E-state index in [1.165, 1.54) is 57.8 Å². The molecule has 3 heteroatoms. The summed E-state index contributed by atoms with van der Waals surface area (Å²) in [5.74, 6) is 0. The summed E-state index contributed by atoms with van der Waals surface area (Å²) in [7, 11) is 0. The molecule has 0 heterocycles. The molecule has 0 radical (unpaired) electrons. The van der Waals surface area contributed by atoms with Gasteiger partial charge in [-0.25, -0.2) is 4.79 Å². The predicted octanol–water partition coefficient (Wildman–Crippen LogP) is 4.41. The van der Waals surface area contributed by atoms with Crippen LogP contribution in [0.15, 0.2) is 0 Å². The van der Waals surface area contributed by atoms with Crippen LogP contribution in [0.25, 0.3) is 0 Å². The minimum absolute atomic E-state index is 0.135. The molecule has 1 aliphatic rings. The second-order valence-corrected chi connectivity index (χ2v) is 5.32. The van der Waals surface area contributed by atoms with Crippen molar-refractivity contribution in [3.8, 4) is 0 Å². The number of carbonyl (C=O) groups is 1. The zero-order valence-corrected chi connectivity index (χ0v) is 11.9. The van der Waals surface area contributed by atoms with Crippen LogP contribution in [0.1, 0.15) is 77.6 Å². The average Bonchev–Trinajstić information content (AvgIpc) is 2.33. The Kier molecular flexibility index (Phi) is 8.70. The summed E-state index contributed by atoms with van der Waals surface area (Å²) in [6.45, 7) is 2.56. The highest BCUT2D eigenvalue weighted by molar-refractivity contribution is 5.67. The lowest BCUT2D eigenvalue weighted by Gasteiger charge is -2.18. The molecule has 1 aliphatic carbocycles. The monoisotopic (exact) mass is 255 g/mol. The maximum absolute atomic E-state index is 11.5. The lowest BCUT2D eigenvalue weighted by molar-refractivity contribution is 0.0843. The standard InChI is InChI=1S/C15H29NO2/c1-2-16-15(17)18-14-12-10-8-6-4-3-5-7-9-11-13-14/h14H,2-13H2,1H3,(H,16,17). The highest BCUT2D eigenvalue weighted by atomic mass is 16.6. The molecular weight excluding hydrogens is 226 g/mol. The van der Waals surface area contributed by atoms with E-state index >= 15 is 0 Å². The van der Waals surface area contributed by atoms with E-state index < -0.39 is 0 Å². The molecule has 0 unspecified atom stereocenters. The molecule has 0 aromatic carbocycles. The molecule has 3 nitrogen and oxygen atoms in total. The van der Waals surface area contributed by atoms with Gasteiger partial charge in [0.05, 0.1) is 0 Å². The fourth-order valence-electron chi connectivity index (χ4n) is 2.58. The van der Waals surface area contributed by atoms with Crippen molar-refractivity contribution in [2.24, 2.45) is 0 Å². The molecule has 0 spiro atoms. The number of rotatable bonds is 2. The Hall–Kier alpha value is -0.730. The third-order valence-corrected chi connectivity index (χ3v) is 3.65. The number of ether oxygens (including phenoxy) is 1. The van der Waals surface area contributed by atoms with Crippen molar-refractivity contribution in [1.82, 2.24) is 5.32 Å². The number of hydrogen-bond acceptors (Lipinski definition) is 2. The number of alkyl carbamates (subject to hydrolysis) is 1. The van der Waals surface area contributed by atoms with Gasteiger partial charge in [0.2, 0.25) is 0 Å². The Morgan fingerprint density at radius 3 is 1.83 bits per heavy atom. The van der Waals surface area contributed by atoms with Crippen LogP contribution in [0.5, 0.6) is 0 Å². The van der Waals surface area contributed by atoms with Crippen LogP contribution in [0.3, 0.4) is 0 Å². The van der Waals surface area contributed by atoms with Gasteiger partial charge in [0, 0.05) is 6.54 Å². The number of hydrogen-bond donors (Lipinski definition) is 1. The summed E-state index contributed by atoms with van der Waals surface area (Å²) in [6, 6.07) is 0. The fourth-order valence-corrected chi connectivity index (χ4v) is 2.58. The number of nitrogens with one attached hydrogen (secondary N) is 1. The second-order valence-electron chi connectivity index (χ2n) is 5.32. The van der Waals surface area contributed by atoms with Gasteiger partial charge in [-0.15, -0.1) is 0 Å². The van der Waals surface area contributed by atoms with Crippen LogP contribution in [0, 0.1) is 0 Å². The van der Waals surface area contributed by atoms with Crippen molar-refractivity contribution in [2.75, 3.05) is 6.54 Å². The molecule has 1 N–H and O–H groups in total. The zero-order valence-electron chi connectivity index (χ0n) is 11.9. The number of amides is 1. The van der Waals surface area contributed by atoms with E-state index in [0.717, 1.165) is 12.8 Å². The van der Waals surface area contributed by atoms with Crippen molar-refractivity contribution in [3.63, 3.8) is 0 Å². The van der Waals surface area contributed by atoms with Gasteiger partial charge in [0.15, 0.2) is 0 Å². The third kappa shape index (κ3) is 7.57. The summed E-state index contributed by atoms with van der Waals surface area (Å²) in [6.07, 6.45) is 13.8. The summed E-state index contributed by atoms with van der Waals surface area (Å²) in [4.78, 5) is 11.5. The SMILES string of the molecule is CCNC(=O)OC1CCCCCCCCCCC1. The van der Waals surface area contributed by atoms with Gasteiger partial charge in [-0.05, 0) is 32.6 Å². The van der Waals surface area contributed by atoms with Crippen molar-refractivity contribution in [3.05, 3.63) is 0 Å². The van der Waals surface area contributed by atoms with Crippen molar-refractivity contribution >= 4 is 6.09 Å². The molecule has 0 bridgehead atoms. The van der Waals surface area contributed by atoms with E-state index in [-0.39, 0.29) is 12.2 Å². The molecule has 18 heavy (non-hydrogen) atoms. The number of carbonyl (C=O) groups excluding carboxylic acids is 1. The Balaban J connectivity index is 2.29. The van der Waals surface area contributed by atoms with E-state index in [4.69, 9.17) is 4.74 Å². The highest BCUT2D eigenvalue weighted by Gasteiger charge is 2.13. The first-order chi connectivity index (χ1) is 8.83. The summed E-state index contributed by atoms with van der Waals surface area (Å²) in [5.41, 5.74) is 0. The predicted molar refractivity (Wildman–Crippen MR) is 74.7 cm³/mol. The second kappa shape index (κ2) is 10.2. The molecule has 106 valence electrons. The fraction of sp³-hybridized carbons (Fsp3) is 0.933. The first-order valence-corrected chi connectivity index (χ1v) is 7.77. The third-order valence-electron chi connectivity index (χ3n) is 3.65. The Morgan fingerprint density at radius 1 is 0.944 bits per heavy atom. The first kappa shape index (κ1) is 15.3.